The van der Waals surface area contributed by atoms with Crippen LogP contribution in [0.1, 0.15) is 24.0 Å². The highest BCUT2D eigenvalue weighted by atomic mass is 32.2. The van der Waals surface area contributed by atoms with Crippen LogP contribution in [-0.4, -0.2) is 44.2 Å². The maximum atomic E-state index is 13.1. The van der Waals surface area contributed by atoms with E-state index in [0.29, 0.717) is 0 Å². The lowest BCUT2D eigenvalue weighted by molar-refractivity contribution is -0.139. The van der Waals surface area contributed by atoms with Crippen LogP contribution in [0.2, 0.25) is 0 Å². The molecule has 2 rings (SSSR count). The van der Waals surface area contributed by atoms with Gasteiger partial charge in [-0.2, -0.15) is 13.2 Å². The molecule has 2 aromatic rings. The van der Waals surface area contributed by atoms with Gasteiger partial charge in [0.25, 0.3) is 0 Å². The first-order chi connectivity index (χ1) is 13.9. The molecule has 0 aliphatic carbocycles. The lowest BCUT2D eigenvalue weighted by Gasteiger charge is -2.21. The van der Waals surface area contributed by atoms with Gasteiger partial charge in [-0.3, -0.25) is 4.79 Å². The number of alkyl halides is 3. The summed E-state index contributed by atoms with van der Waals surface area (Å²) in [5, 5.41) is 0. The van der Waals surface area contributed by atoms with Gasteiger partial charge in [-0.15, -0.1) is 0 Å². The van der Waals surface area contributed by atoms with E-state index in [1.165, 1.54) is 37.2 Å². The third kappa shape index (κ3) is 6.02. The fraction of sp³-hybridized carbons (Fsp3) is 0.350. The van der Waals surface area contributed by atoms with Gasteiger partial charge in [0.1, 0.15) is 5.82 Å². The van der Waals surface area contributed by atoms with Crippen LogP contribution in [0.5, 0.6) is 0 Å². The number of benzene rings is 2. The molecule has 2 aromatic carbocycles. The molecule has 164 valence electrons. The van der Waals surface area contributed by atoms with Gasteiger partial charge < -0.3 is 4.90 Å². The first-order valence-electron chi connectivity index (χ1n) is 9.04. The summed E-state index contributed by atoms with van der Waals surface area (Å²) < 4.78 is 78.1. The van der Waals surface area contributed by atoms with Gasteiger partial charge in [-0.1, -0.05) is 18.2 Å². The number of nitrogens with zero attached hydrogens (tertiary/aromatic N) is 2. The van der Waals surface area contributed by atoms with Gasteiger partial charge in [-0.05, 0) is 42.3 Å². The summed E-state index contributed by atoms with van der Waals surface area (Å²) in [7, 11) is -1.09. The third-order valence-corrected chi connectivity index (χ3v) is 6.41. The minimum Gasteiger partial charge on any atom is -0.341 e. The minimum absolute atomic E-state index is 0.0168. The molecule has 0 aromatic heterocycles. The summed E-state index contributed by atoms with van der Waals surface area (Å²) in [6.07, 6.45) is -4.37. The number of rotatable bonds is 8. The van der Waals surface area contributed by atoms with Crippen LogP contribution in [0.3, 0.4) is 0 Å². The molecule has 10 heteroatoms. The summed E-state index contributed by atoms with van der Waals surface area (Å²) in [6.45, 7) is -0.184. The van der Waals surface area contributed by atoms with E-state index < -0.39 is 33.5 Å². The SMILES string of the molecule is CN(Cc1ccccc1C(F)(F)F)C(=O)CCCN(C)S(=O)(=O)c1ccc(F)cc1. The molecule has 30 heavy (non-hydrogen) atoms. The van der Waals surface area contributed by atoms with Crippen LogP contribution in [-0.2, 0) is 27.5 Å². The Bertz CT molecular complexity index is 976. The Morgan fingerprint density at radius 2 is 1.60 bits per heavy atom. The summed E-state index contributed by atoms with van der Waals surface area (Å²) in [5.41, 5.74) is -0.813. The van der Waals surface area contributed by atoms with Crippen molar-refractivity contribution in [2.75, 3.05) is 20.6 Å². The Hall–Kier alpha value is -2.46. The fourth-order valence-corrected chi connectivity index (χ4v) is 4.04. The largest absolute Gasteiger partial charge is 0.416 e. The Labute approximate surface area is 173 Å². The molecular formula is C20H22F4N2O3S. The second-order valence-corrected chi connectivity index (χ2v) is 8.83. The lowest BCUT2D eigenvalue weighted by atomic mass is 10.1. The van der Waals surface area contributed by atoms with E-state index in [0.717, 1.165) is 34.6 Å². The van der Waals surface area contributed by atoms with E-state index in [2.05, 4.69) is 0 Å². The molecule has 5 nitrogen and oxygen atoms in total. The second kappa shape index (κ2) is 9.57. The molecule has 0 N–H and O–H groups in total. The van der Waals surface area contributed by atoms with Crippen LogP contribution < -0.4 is 0 Å². The van der Waals surface area contributed by atoms with Crippen LogP contribution in [0.4, 0.5) is 17.6 Å². The third-order valence-electron chi connectivity index (χ3n) is 4.54. The molecule has 0 atom stereocenters. The zero-order valence-corrected chi connectivity index (χ0v) is 17.3. The maximum Gasteiger partial charge on any atom is 0.416 e. The Morgan fingerprint density at radius 3 is 2.20 bits per heavy atom. The van der Waals surface area contributed by atoms with E-state index in [1.54, 1.807) is 0 Å². The molecule has 0 saturated carbocycles. The summed E-state index contributed by atoms with van der Waals surface area (Å²) >= 11 is 0. The maximum absolute atomic E-state index is 13.1. The number of carbonyl (C=O) groups excluding carboxylic acids is 1. The van der Waals surface area contributed by atoms with Gasteiger partial charge in [0, 0.05) is 33.6 Å². The molecule has 0 saturated heterocycles. The molecule has 0 bridgehead atoms. The Kier molecular flexibility index (Phi) is 7.59. The zero-order valence-electron chi connectivity index (χ0n) is 16.5. The van der Waals surface area contributed by atoms with Gasteiger partial charge in [-0.25, -0.2) is 17.1 Å². The van der Waals surface area contributed by atoms with Crippen molar-refractivity contribution in [1.82, 2.24) is 9.21 Å². The smallest absolute Gasteiger partial charge is 0.341 e. The normalized spacial score (nSPS) is 12.2. The molecule has 0 aliphatic rings. The van der Waals surface area contributed by atoms with Crippen molar-refractivity contribution in [3.05, 3.63) is 65.5 Å². The number of sulfonamides is 1. The molecule has 1 amide bonds. The monoisotopic (exact) mass is 446 g/mol. The van der Waals surface area contributed by atoms with Gasteiger partial charge in [0.2, 0.25) is 15.9 Å². The van der Waals surface area contributed by atoms with Crippen molar-refractivity contribution < 1.29 is 30.8 Å². The molecule has 0 fully saturated rings. The van der Waals surface area contributed by atoms with E-state index in [-0.39, 0.29) is 36.4 Å². The summed E-state index contributed by atoms with van der Waals surface area (Å²) in [5.74, 6) is -0.961. The predicted molar refractivity (Wildman–Crippen MR) is 103 cm³/mol. The summed E-state index contributed by atoms with van der Waals surface area (Å²) in [6, 6.07) is 9.41. The minimum atomic E-state index is -4.52. The number of amides is 1. The van der Waals surface area contributed by atoms with E-state index in [9.17, 15) is 30.8 Å². The topological polar surface area (TPSA) is 57.7 Å². The quantitative estimate of drug-likeness (QED) is 0.578. The highest BCUT2D eigenvalue weighted by molar-refractivity contribution is 7.89. The predicted octanol–water partition coefficient (Wildman–Crippen LogP) is 3.90. The van der Waals surface area contributed by atoms with E-state index >= 15 is 0 Å². The van der Waals surface area contributed by atoms with Gasteiger partial charge in [0.15, 0.2) is 0 Å². The Balaban J connectivity index is 1.92. The number of hydrogen-bond acceptors (Lipinski definition) is 3. The average molecular weight is 446 g/mol. The van der Waals surface area contributed by atoms with E-state index in [1.807, 2.05) is 0 Å². The highest BCUT2D eigenvalue weighted by Crippen LogP contribution is 2.32. The van der Waals surface area contributed by atoms with Crippen molar-refractivity contribution in [3.8, 4) is 0 Å². The van der Waals surface area contributed by atoms with Gasteiger partial charge >= 0.3 is 6.18 Å². The van der Waals surface area contributed by atoms with Crippen molar-refractivity contribution in [1.29, 1.82) is 0 Å². The zero-order chi connectivity index (χ0) is 22.5. The van der Waals surface area contributed by atoms with Crippen molar-refractivity contribution in [2.45, 2.75) is 30.5 Å². The van der Waals surface area contributed by atoms with E-state index in [4.69, 9.17) is 0 Å². The Morgan fingerprint density at radius 1 is 1.00 bits per heavy atom. The number of halogens is 4. The number of carbonyl (C=O) groups is 1. The van der Waals surface area contributed by atoms with Crippen LogP contribution in [0.25, 0.3) is 0 Å². The van der Waals surface area contributed by atoms with Crippen LogP contribution in [0.15, 0.2) is 53.4 Å². The standard InChI is InChI=1S/C20H22F4N2O3S/c1-25(14-15-6-3-4-7-18(15)20(22,23)24)19(27)8-5-13-26(2)30(28,29)17-11-9-16(21)10-12-17/h3-4,6-7,9-12H,5,8,13-14H2,1-2H3. The first kappa shape index (κ1) is 23.8. The molecular weight excluding hydrogens is 424 g/mol. The average Bonchev–Trinajstić information content (AvgIpc) is 2.67. The fourth-order valence-electron chi connectivity index (χ4n) is 2.83. The first-order valence-corrected chi connectivity index (χ1v) is 10.5. The lowest BCUT2D eigenvalue weighted by Crippen LogP contribution is -2.30. The summed E-state index contributed by atoms with van der Waals surface area (Å²) in [4.78, 5) is 13.4. The molecule has 0 heterocycles. The van der Waals surface area contributed by atoms with Gasteiger partial charge in [0.05, 0.1) is 10.5 Å². The molecule has 0 radical (unpaired) electrons. The highest BCUT2D eigenvalue weighted by Gasteiger charge is 2.33. The van der Waals surface area contributed by atoms with Crippen molar-refractivity contribution >= 4 is 15.9 Å². The van der Waals surface area contributed by atoms with Crippen molar-refractivity contribution in [3.63, 3.8) is 0 Å². The second-order valence-electron chi connectivity index (χ2n) is 6.79. The number of hydrogen-bond donors (Lipinski definition) is 0. The van der Waals surface area contributed by atoms with Crippen LogP contribution in [0, 0.1) is 5.82 Å². The molecule has 0 spiro atoms. The van der Waals surface area contributed by atoms with Crippen molar-refractivity contribution in [2.24, 2.45) is 0 Å². The molecule has 0 unspecified atom stereocenters. The van der Waals surface area contributed by atoms with Crippen LogP contribution >= 0.6 is 0 Å². The molecule has 0 aliphatic heterocycles.